The van der Waals surface area contributed by atoms with Crippen molar-refractivity contribution in [3.05, 3.63) is 24.5 Å². The highest BCUT2D eigenvalue weighted by Crippen LogP contribution is 2.32. The number of nitrogens with zero attached hydrogens (tertiary/aromatic N) is 1. The third kappa shape index (κ3) is 2.89. The molecule has 0 unspecified atom stereocenters. The summed E-state index contributed by atoms with van der Waals surface area (Å²) in [4.78, 5) is 4.03. The summed E-state index contributed by atoms with van der Waals surface area (Å²) in [6.45, 7) is 2.33. The van der Waals surface area contributed by atoms with Gasteiger partial charge in [-0.05, 0) is 30.7 Å². The molecule has 1 fully saturated rings. The van der Waals surface area contributed by atoms with E-state index in [0.29, 0.717) is 6.61 Å². The molecule has 0 N–H and O–H groups in total. The molecule has 3 nitrogen and oxygen atoms in total. The molecule has 2 rings (SSSR count). The normalized spacial score (nSPS) is 19.3. The highest BCUT2D eigenvalue weighted by Gasteiger charge is 2.32. The number of rotatable bonds is 4. The molecule has 0 amide bonds. The second-order valence-electron chi connectivity index (χ2n) is 4.25. The zero-order chi connectivity index (χ0) is 11.3. The molecule has 0 atom stereocenters. The second kappa shape index (κ2) is 5.55. The number of thiol groups is 1. The fraction of sp³-hybridized carbons (Fsp3) is 0.583. The van der Waals surface area contributed by atoms with Gasteiger partial charge in [0.1, 0.15) is 5.75 Å². The van der Waals surface area contributed by atoms with Gasteiger partial charge < -0.3 is 9.47 Å². The zero-order valence-corrected chi connectivity index (χ0v) is 10.2. The van der Waals surface area contributed by atoms with Crippen molar-refractivity contribution >= 4 is 12.6 Å². The first-order chi connectivity index (χ1) is 7.85. The molecule has 0 aliphatic carbocycles. The SMILES string of the molecule is SCC1(COc2cccnc2)CCOCC1. The maximum Gasteiger partial charge on any atom is 0.137 e. The Kier molecular flexibility index (Phi) is 4.07. The van der Waals surface area contributed by atoms with Crippen LogP contribution in [0, 0.1) is 5.41 Å². The Morgan fingerprint density at radius 1 is 1.44 bits per heavy atom. The van der Waals surface area contributed by atoms with Crippen molar-refractivity contribution in [2.24, 2.45) is 5.41 Å². The smallest absolute Gasteiger partial charge is 0.137 e. The van der Waals surface area contributed by atoms with Gasteiger partial charge in [0.15, 0.2) is 0 Å². The van der Waals surface area contributed by atoms with Gasteiger partial charge in [0.25, 0.3) is 0 Å². The van der Waals surface area contributed by atoms with Gasteiger partial charge in [-0.3, -0.25) is 4.98 Å². The molecule has 1 saturated heterocycles. The van der Waals surface area contributed by atoms with Gasteiger partial charge in [-0.25, -0.2) is 0 Å². The van der Waals surface area contributed by atoms with Crippen molar-refractivity contribution in [1.29, 1.82) is 0 Å². The lowest BCUT2D eigenvalue weighted by molar-refractivity contribution is 0.00305. The second-order valence-corrected chi connectivity index (χ2v) is 4.56. The van der Waals surface area contributed by atoms with Gasteiger partial charge in [-0.2, -0.15) is 12.6 Å². The molecule has 2 heterocycles. The van der Waals surface area contributed by atoms with E-state index in [2.05, 4.69) is 17.6 Å². The molecule has 0 saturated carbocycles. The molecule has 0 spiro atoms. The Balaban J connectivity index is 1.92. The molecule has 1 aromatic rings. The van der Waals surface area contributed by atoms with E-state index in [0.717, 1.165) is 37.6 Å². The average molecular weight is 239 g/mol. The highest BCUT2D eigenvalue weighted by atomic mass is 32.1. The lowest BCUT2D eigenvalue weighted by Crippen LogP contribution is -2.36. The zero-order valence-electron chi connectivity index (χ0n) is 9.26. The van der Waals surface area contributed by atoms with Crippen molar-refractivity contribution in [2.75, 3.05) is 25.6 Å². The van der Waals surface area contributed by atoms with E-state index in [1.54, 1.807) is 12.4 Å². The summed E-state index contributed by atoms with van der Waals surface area (Å²) in [5.41, 5.74) is 0.164. The van der Waals surface area contributed by atoms with Crippen LogP contribution in [0.15, 0.2) is 24.5 Å². The largest absolute Gasteiger partial charge is 0.491 e. The fourth-order valence-corrected chi connectivity index (χ4v) is 2.23. The monoisotopic (exact) mass is 239 g/mol. The third-order valence-electron chi connectivity index (χ3n) is 3.07. The van der Waals surface area contributed by atoms with Crippen LogP contribution in [0.3, 0.4) is 0 Å². The summed E-state index contributed by atoms with van der Waals surface area (Å²) in [7, 11) is 0. The van der Waals surface area contributed by atoms with Gasteiger partial charge in [0.2, 0.25) is 0 Å². The van der Waals surface area contributed by atoms with Crippen LogP contribution in [0.25, 0.3) is 0 Å². The standard InChI is InChI=1S/C12H17NO2S/c16-10-12(3-6-14-7-4-12)9-15-11-2-1-5-13-8-11/h1-2,5,8,16H,3-4,6-7,9-10H2. The first-order valence-electron chi connectivity index (χ1n) is 5.56. The summed E-state index contributed by atoms with van der Waals surface area (Å²) in [5, 5.41) is 0. The molecule has 1 aliphatic heterocycles. The summed E-state index contributed by atoms with van der Waals surface area (Å²) in [6, 6.07) is 3.81. The minimum atomic E-state index is 0.164. The fourth-order valence-electron chi connectivity index (χ4n) is 1.82. The molecule has 16 heavy (non-hydrogen) atoms. The molecular formula is C12H17NO2S. The first-order valence-corrected chi connectivity index (χ1v) is 6.19. The topological polar surface area (TPSA) is 31.4 Å². The first kappa shape index (κ1) is 11.7. The van der Waals surface area contributed by atoms with Crippen LogP contribution < -0.4 is 4.74 Å². The van der Waals surface area contributed by atoms with E-state index in [1.807, 2.05) is 12.1 Å². The van der Waals surface area contributed by atoms with Gasteiger partial charge in [0.05, 0.1) is 12.8 Å². The van der Waals surface area contributed by atoms with Crippen molar-refractivity contribution in [1.82, 2.24) is 4.98 Å². The Bertz CT molecular complexity index is 312. The molecule has 1 aliphatic rings. The highest BCUT2D eigenvalue weighted by molar-refractivity contribution is 7.80. The van der Waals surface area contributed by atoms with E-state index < -0.39 is 0 Å². The van der Waals surface area contributed by atoms with Crippen molar-refractivity contribution < 1.29 is 9.47 Å². The van der Waals surface area contributed by atoms with Crippen LogP contribution in [0.1, 0.15) is 12.8 Å². The van der Waals surface area contributed by atoms with Crippen molar-refractivity contribution in [3.8, 4) is 5.75 Å². The molecule has 88 valence electrons. The number of hydrogen-bond acceptors (Lipinski definition) is 4. The van der Waals surface area contributed by atoms with Crippen LogP contribution in [-0.4, -0.2) is 30.6 Å². The predicted octanol–water partition coefficient (Wildman–Crippen LogP) is 2.19. The Morgan fingerprint density at radius 2 is 2.25 bits per heavy atom. The Hall–Kier alpha value is -0.740. The average Bonchev–Trinajstić information content (AvgIpc) is 2.39. The summed E-state index contributed by atoms with van der Waals surface area (Å²) in [5.74, 6) is 1.67. The lowest BCUT2D eigenvalue weighted by atomic mass is 9.83. The van der Waals surface area contributed by atoms with Gasteiger partial charge in [-0.1, -0.05) is 0 Å². The summed E-state index contributed by atoms with van der Waals surface area (Å²) >= 11 is 4.44. The third-order valence-corrected chi connectivity index (χ3v) is 3.74. The quantitative estimate of drug-likeness (QED) is 0.817. The van der Waals surface area contributed by atoms with E-state index >= 15 is 0 Å². The summed E-state index contributed by atoms with van der Waals surface area (Å²) in [6.07, 6.45) is 5.54. The molecule has 4 heteroatoms. The van der Waals surface area contributed by atoms with E-state index in [-0.39, 0.29) is 5.41 Å². The number of aromatic nitrogens is 1. The Labute approximate surface area is 102 Å². The molecular weight excluding hydrogens is 222 g/mol. The minimum Gasteiger partial charge on any atom is -0.491 e. The van der Waals surface area contributed by atoms with Crippen LogP contribution in [0.5, 0.6) is 5.75 Å². The molecule has 0 aromatic carbocycles. The predicted molar refractivity (Wildman–Crippen MR) is 66.1 cm³/mol. The van der Waals surface area contributed by atoms with Gasteiger partial charge >= 0.3 is 0 Å². The molecule has 0 radical (unpaired) electrons. The summed E-state index contributed by atoms with van der Waals surface area (Å²) < 4.78 is 11.1. The maximum absolute atomic E-state index is 5.77. The van der Waals surface area contributed by atoms with E-state index in [9.17, 15) is 0 Å². The molecule has 1 aromatic heterocycles. The van der Waals surface area contributed by atoms with Crippen LogP contribution in [0.4, 0.5) is 0 Å². The number of ether oxygens (including phenoxy) is 2. The molecule has 0 bridgehead atoms. The van der Waals surface area contributed by atoms with E-state index in [1.165, 1.54) is 0 Å². The van der Waals surface area contributed by atoms with Crippen molar-refractivity contribution in [2.45, 2.75) is 12.8 Å². The number of pyridine rings is 1. The lowest BCUT2D eigenvalue weighted by Gasteiger charge is -2.35. The Morgan fingerprint density at radius 3 is 2.88 bits per heavy atom. The minimum absolute atomic E-state index is 0.164. The number of hydrogen-bond donors (Lipinski definition) is 1. The van der Waals surface area contributed by atoms with E-state index in [4.69, 9.17) is 9.47 Å². The van der Waals surface area contributed by atoms with Crippen LogP contribution >= 0.6 is 12.6 Å². The maximum atomic E-state index is 5.77. The van der Waals surface area contributed by atoms with Gasteiger partial charge in [0, 0.05) is 24.8 Å². The van der Waals surface area contributed by atoms with Gasteiger partial charge in [-0.15, -0.1) is 0 Å². The van der Waals surface area contributed by atoms with Crippen LogP contribution in [0.2, 0.25) is 0 Å². The van der Waals surface area contributed by atoms with Crippen molar-refractivity contribution in [3.63, 3.8) is 0 Å². The van der Waals surface area contributed by atoms with Crippen LogP contribution in [-0.2, 0) is 4.74 Å².